The van der Waals surface area contributed by atoms with E-state index in [4.69, 9.17) is 15.6 Å². The van der Waals surface area contributed by atoms with E-state index in [1.807, 2.05) is 0 Å². The highest BCUT2D eigenvalue weighted by molar-refractivity contribution is 5.41. The monoisotopic (exact) mass is 295 g/mol. The van der Waals surface area contributed by atoms with E-state index in [0.717, 1.165) is 38.5 Å². The highest BCUT2D eigenvalue weighted by Crippen LogP contribution is 2.13. The van der Waals surface area contributed by atoms with Crippen LogP contribution in [0.25, 0.3) is 0 Å². The van der Waals surface area contributed by atoms with Crippen LogP contribution in [0.1, 0.15) is 0 Å². The highest BCUT2D eigenvalue weighted by atomic mass is 16.5. The van der Waals surface area contributed by atoms with Gasteiger partial charge in [-0.05, 0) is 24.3 Å². The molecule has 2 rings (SSSR count). The Morgan fingerprint density at radius 3 is 2.33 bits per heavy atom. The van der Waals surface area contributed by atoms with Crippen LogP contribution in [0, 0.1) is 0 Å². The smallest absolute Gasteiger partial charge is 0.119 e. The maximum atomic E-state index is 10.0. The van der Waals surface area contributed by atoms with Gasteiger partial charge in [0, 0.05) is 45.0 Å². The van der Waals surface area contributed by atoms with Crippen molar-refractivity contribution in [2.45, 2.75) is 6.10 Å². The zero-order valence-electron chi connectivity index (χ0n) is 12.3. The van der Waals surface area contributed by atoms with E-state index in [1.165, 1.54) is 0 Å². The molecule has 1 aliphatic rings. The summed E-state index contributed by atoms with van der Waals surface area (Å²) in [6.45, 7) is 5.54. The molecule has 4 N–H and O–H groups in total. The van der Waals surface area contributed by atoms with Gasteiger partial charge in [-0.2, -0.15) is 0 Å². The van der Waals surface area contributed by atoms with Gasteiger partial charge in [0.25, 0.3) is 0 Å². The number of aliphatic hydroxyl groups excluding tert-OH is 2. The SMILES string of the molecule is Nc1ccc(OCC(O)CN2CCN(CCO)CC2)cc1. The lowest BCUT2D eigenvalue weighted by molar-refractivity contribution is 0.0428. The Morgan fingerprint density at radius 2 is 1.71 bits per heavy atom. The molecule has 0 saturated carbocycles. The van der Waals surface area contributed by atoms with Gasteiger partial charge in [-0.1, -0.05) is 0 Å². The second kappa shape index (κ2) is 8.19. The standard InChI is InChI=1S/C15H25N3O3/c16-13-1-3-15(4-2-13)21-12-14(20)11-18-7-5-17(6-8-18)9-10-19/h1-4,14,19-20H,5-12,16H2. The van der Waals surface area contributed by atoms with Gasteiger partial charge in [0.15, 0.2) is 0 Å². The third-order valence-corrected chi connectivity index (χ3v) is 3.67. The summed E-state index contributed by atoms with van der Waals surface area (Å²) in [5, 5.41) is 18.9. The fraction of sp³-hybridized carbons (Fsp3) is 0.600. The predicted molar refractivity (Wildman–Crippen MR) is 82.3 cm³/mol. The van der Waals surface area contributed by atoms with Crippen LogP contribution in [0.4, 0.5) is 5.69 Å². The predicted octanol–water partition coefficient (Wildman–Crippen LogP) is -0.382. The molecule has 1 aromatic carbocycles. The van der Waals surface area contributed by atoms with Gasteiger partial charge < -0.3 is 20.7 Å². The lowest BCUT2D eigenvalue weighted by Crippen LogP contribution is -2.49. The molecule has 118 valence electrons. The molecule has 0 aromatic heterocycles. The molecule has 0 radical (unpaired) electrons. The Hall–Kier alpha value is -1.34. The fourth-order valence-electron chi connectivity index (χ4n) is 2.44. The molecule has 1 aromatic rings. The molecule has 6 nitrogen and oxygen atoms in total. The summed E-state index contributed by atoms with van der Waals surface area (Å²) in [4.78, 5) is 4.46. The largest absolute Gasteiger partial charge is 0.491 e. The van der Waals surface area contributed by atoms with Gasteiger partial charge in [0.1, 0.15) is 18.5 Å². The van der Waals surface area contributed by atoms with Crippen molar-refractivity contribution in [3.8, 4) is 5.75 Å². The maximum absolute atomic E-state index is 10.0. The minimum Gasteiger partial charge on any atom is -0.491 e. The van der Waals surface area contributed by atoms with Crippen LogP contribution in [0.3, 0.4) is 0 Å². The first-order valence-electron chi connectivity index (χ1n) is 7.39. The van der Waals surface area contributed by atoms with Gasteiger partial charge in [0.2, 0.25) is 0 Å². The minimum atomic E-state index is -0.507. The molecule has 21 heavy (non-hydrogen) atoms. The van der Waals surface area contributed by atoms with Crippen LogP contribution in [0.5, 0.6) is 5.75 Å². The van der Waals surface area contributed by atoms with Crippen LogP contribution in [-0.2, 0) is 0 Å². The van der Waals surface area contributed by atoms with E-state index in [-0.39, 0.29) is 13.2 Å². The van der Waals surface area contributed by atoms with E-state index in [9.17, 15) is 5.11 Å². The van der Waals surface area contributed by atoms with Crippen LogP contribution in [-0.4, -0.2) is 78.6 Å². The van der Waals surface area contributed by atoms with Gasteiger partial charge in [-0.15, -0.1) is 0 Å². The number of piperazine rings is 1. The van der Waals surface area contributed by atoms with Gasteiger partial charge in [0.05, 0.1) is 6.61 Å². The molecule has 0 amide bonds. The van der Waals surface area contributed by atoms with Crippen molar-refractivity contribution >= 4 is 5.69 Å². The first-order valence-corrected chi connectivity index (χ1v) is 7.39. The van der Waals surface area contributed by atoms with Crippen LogP contribution < -0.4 is 10.5 Å². The second-order valence-electron chi connectivity index (χ2n) is 5.40. The van der Waals surface area contributed by atoms with E-state index < -0.39 is 6.10 Å². The lowest BCUT2D eigenvalue weighted by atomic mass is 10.2. The number of aliphatic hydroxyl groups is 2. The number of ether oxygens (including phenoxy) is 1. The van der Waals surface area contributed by atoms with Crippen molar-refractivity contribution in [1.29, 1.82) is 0 Å². The Morgan fingerprint density at radius 1 is 1.10 bits per heavy atom. The molecule has 1 heterocycles. The number of hydrogen-bond acceptors (Lipinski definition) is 6. The van der Waals surface area contributed by atoms with Crippen LogP contribution >= 0.6 is 0 Å². The minimum absolute atomic E-state index is 0.206. The van der Waals surface area contributed by atoms with Crippen LogP contribution in [0.15, 0.2) is 24.3 Å². The number of benzene rings is 1. The molecule has 1 fully saturated rings. The van der Waals surface area contributed by atoms with E-state index in [0.29, 0.717) is 12.2 Å². The number of nitrogen functional groups attached to an aromatic ring is 1. The number of rotatable bonds is 7. The summed E-state index contributed by atoms with van der Waals surface area (Å²) in [6, 6.07) is 7.16. The Labute approximate surface area is 125 Å². The zero-order valence-corrected chi connectivity index (χ0v) is 12.3. The van der Waals surface area contributed by atoms with Gasteiger partial charge in [-0.3, -0.25) is 9.80 Å². The van der Waals surface area contributed by atoms with Gasteiger partial charge in [-0.25, -0.2) is 0 Å². The highest BCUT2D eigenvalue weighted by Gasteiger charge is 2.18. The topological polar surface area (TPSA) is 82.2 Å². The average Bonchev–Trinajstić information content (AvgIpc) is 2.49. The van der Waals surface area contributed by atoms with Crippen molar-refractivity contribution in [2.24, 2.45) is 0 Å². The number of anilines is 1. The summed E-state index contributed by atoms with van der Waals surface area (Å²) in [5.74, 6) is 0.719. The fourth-order valence-corrected chi connectivity index (χ4v) is 2.44. The van der Waals surface area contributed by atoms with Gasteiger partial charge >= 0.3 is 0 Å². The number of nitrogens with zero attached hydrogens (tertiary/aromatic N) is 2. The quantitative estimate of drug-likeness (QED) is 0.595. The second-order valence-corrected chi connectivity index (χ2v) is 5.40. The summed E-state index contributed by atoms with van der Waals surface area (Å²) >= 11 is 0. The zero-order chi connectivity index (χ0) is 15.1. The molecule has 1 aliphatic heterocycles. The first kappa shape index (κ1) is 16.0. The number of nitrogens with two attached hydrogens (primary N) is 1. The third kappa shape index (κ3) is 5.51. The summed E-state index contributed by atoms with van der Waals surface area (Å²) < 4.78 is 5.55. The van der Waals surface area contributed by atoms with E-state index in [1.54, 1.807) is 24.3 Å². The van der Waals surface area contributed by atoms with E-state index in [2.05, 4.69) is 9.80 Å². The molecular formula is C15H25N3O3. The number of hydrogen-bond donors (Lipinski definition) is 3. The average molecular weight is 295 g/mol. The molecule has 6 heteroatoms. The molecule has 1 atom stereocenters. The molecule has 1 saturated heterocycles. The van der Waals surface area contributed by atoms with Crippen molar-refractivity contribution in [3.63, 3.8) is 0 Å². The Kier molecular flexibility index (Phi) is 6.25. The Bertz CT molecular complexity index is 405. The van der Waals surface area contributed by atoms with Crippen LogP contribution in [0.2, 0.25) is 0 Å². The van der Waals surface area contributed by atoms with Crippen molar-refractivity contribution in [2.75, 3.05) is 58.2 Å². The molecule has 1 unspecified atom stereocenters. The lowest BCUT2D eigenvalue weighted by Gasteiger charge is -2.35. The van der Waals surface area contributed by atoms with Crippen molar-refractivity contribution in [3.05, 3.63) is 24.3 Å². The third-order valence-electron chi connectivity index (χ3n) is 3.67. The molecular weight excluding hydrogens is 270 g/mol. The number of β-amino-alcohol motifs (C(OH)–C–C–N with tert-alkyl or cyclic N) is 2. The first-order chi connectivity index (χ1) is 10.2. The summed E-state index contributed by atoms with van der Waals surface area (Å²) in [7, 11) is 0. The van der Waals surface area contributed by atoms with Crippen molar-refractivity contribution < 1.29 is 14.9 Å². The van der Waals surface area contributed by atoms with E-state index >= 15 is 0 Å². The summed E-state index contributed by atoms with van der Waals surface area (Å²) in [5.41, 5.74) is 6.31. The molecule has 0 spiro atoms. The normalized spacial score (nSPS) is 18.6. The Balaban J connectivity index is 1.65. The van der Waals surface area contributed by atoms with Crippen molar-refractivity contribution in [1.82, 2.24) is 9.80 Å². The summed E-state index contributed by atoms with van der Waals surface area (Å²) in [6.07, 6.45) is -0.507. The molecule has 0 bridgehead atoms. The maximum Gasteiger partial charge on any atom is 0.119 e. The molecule has 0 aliphatic carbocycles.